The van der Waals surface area contributed by atoms with Crippen molar-refractivity contribution in [2.24, 2.45) is 5.73 Å². The van der Waals surface area contributed by atoms with Crippen molar-refractivity contribution < 1.29 is 8.78 Å². The Bertz CT molecular complexity index is 384. The van der Waals surface area contributed by atoms with E-state index in [2.05, 4.69) is 6.92 Å². The first-order chi connectivity index (χ1) is 8.99. The predicted octanol–water partition coefficient (Wildman–Crippen LogP) is 3.48. The van der Waals surface area contributed by atoms with Crippen molar-refractivity contribution in [2.45, 2.75) is 45.6 Å². The Balaban J connectivity index is 2.90. The van der Waals surface area contributed by atoms with Gasteiger partial charge in [-0.05, 0) is 37.0 Å². The lowest BCUT2D eigenvalue weighted by Crippen LogP contribution is -2.23. The molecule has 0 aromatic heterocycles. The molecule has 0 fully saturated rings. The number of rotatable bonds is 7. The molecule has 1 aromatic rings. The fraction of sp³-hybridized carbons (Fsp3) is 0.600. The van der Waals surface area contributed by atoms with Gasteiger partial charge in [-0.15, -0.1) is 0 Å². The quantitative estimate of drug-likeness (QED) is 0.822. The van der Waals surface area contributed by atoms with Crippen LogP contribution in [0, 0.1) is 11.6 Å². The van der Waals surface area contributed by atoms with Gasteiger partial charge >= 0.3 is 0 Å². The molecule has 108 valence electrons. The van der Waals surface area contributed by atoms with E-state index in [1.54, 1.807) is 11.9 Å². The summed E-state index contributed by atoms with van der Waals surface area (Å²) in [4.78, 5) is 1.64. The van der Waals surface area contributed by atoms with Crippen LogP contribution in [0.5, 0.6) is 0 Å². The average Bonchev–Trinajstić information content (AvgIpc) is 2.35. The Hall–Kier alpha value is -1.16. The van der Waals surface area contributed by atoms with Crippen LogP contribution in [0.1, 0.15) is 38.7 Å². The minimum Gasteiger partial charge on any atom is -0.370 e. The van der Waals surface area contributed by atoms with Crippen LogP contribution in [0.3, 0.4) is 0 Å². The van der Waals surface area contributed by atoms with Crippen molar-refractivity contribution in [1.29, 1.82) is 0 Å². The third-order valence-electron chi connectivity index (χ3n) is 3.33. The Morgan fingerprint density at radius 1 is 1.21 bits per heavy atom. The first-order valence-electron chi connectivity index (χ1n) is 6.94. The zero-order valence-corrected chi connectivity index (χ0v) is 12.0. The molecule has 0 aliphatic heterocycles. The van der Waals surface area contributed by atoms with E-state index in [1.165, 1.54) is 12.1 Å². The van der Waals surface area contributed by atoms with Crippen molar-refractivity contribution >= 4 is 5.69 Å². The highest BCUT2D eigenvalue weighted by Gasteiger charge is 2.15. The smallest absolute Gasteiger partial charge is 0.149 e. The second kappa shape index (κ2) is 7.43. The average molecular weight is 270 g/mol. The lowest BCUT2D eigenvalue weighted by molar-refractivity contribution is 0.565. The van der Waals surface area contributed by atoms with Gasteiger partial charge in [0.05, 0.1) is 0 Å². The van der Waals surface area contributed by atoms with Gasteiger partial charge in [-0.25, -0.2) is 8.78 Å². The van der Waals surface area contributed by atoms with E-state index in [4.69, 9.17) is 5.73 Å². The summed E-state index contributed by atoms with van der Waals surface area (Å²) >= 11 is 0. The summed E-state index contributed by atoms with van der Waals surface area (Å²) < 4.78 is 28.0. The largest absolute Gasteiger partial charge is 0.370 e. The van der Waals surface area contributed by atoms with Crippen LogP contribution in [-0.2, 0) is 6.42 Å². The van der Waals surface area contributed by atoms with Gasteiger partial charge in [0.2, 0.25) is 0 Å². The van der Waals surface area contributed by atoms with Crippen LogP contribution >= 0.6 is 0 Å². The summed E-state index contributed by atoms with van der Waals surface area (Å²) in [6.07, 6.45) is 3.21. The molecule has 0 heterocycles. The summed E-state index contributed by atoms with van der Waals surface area (Å²) in [7, 11) is 1.72. The van der Waals surface area contributed by atoms with Crippen LogP contribution in [0.15, 0.2) is 12.1 Å². The maximum atomic E-state index is 14.0. The molecule has 0 amide bonds. The lowest BCUT2D eigenvalue weighted by Gasteiger charge is -2.21. The second-order valence-corrected chi connectivity index (χ2v) is 5.06. The van der Waals surface area contributed by atoms with E-state index >= 15 is 0 Å². The van der Waals surface area contributed by atoms with E-state index < -0.39 is 11.6 Å². The van der Waals surface area contributed by atoms with Crippen molar-refractivity contribution in [2.75, 3.05) is 18.5 Å². The number of hydrogen-bond donors (Lipinski definition) is 1. The molecule has 1 rings (SSSR count). The molecule has 0 aliphatic carbocycles. The van der Waals surface area contributed by atoms with Gasteiger partial charge in [0.1, 0.15) is 17.3 Å². The van der Waals surface area contributed by atoms with Gasteiger partial charge in [-0.2, -0.15) is 0 Å². The summed E-state index contributed by atoms with van der Waals surface area (Å²) in [5.41, 5.74) is 6.49. The molecule has 1 aromatic carbocycles. The van der Waals surface area contributed by atoms with Crippen LogP contribution in [-0.4, -0.2) is 19.6 Å². The van der Waals surface area contributed by atoms with Crippen LogP contribution in [0.2, 0.25) is 0 Å². The number of nitrogens with zero attached hydrogens (tertiary/aromatic N) is 1. The molecular weight excluding hydrogens is 246 g/mol. The van der Waals surface area contributed by atoms with E-state index in [1.807, 2.05) is 6.92 Å². The third kappa shape index (κ3) is 4.46. The van der Waals surface area contributed by atoms with Gasteiger partial charge in [0.25, 0.3) is 0 Å². The predicted molar refractivity (Wildman–Crippen MR) is 76.5 cm³/mol. The Labute approximate surface area is 114 Å². The number of unbranched alkanes of at least 4 members (excludes halogenated alkanes) is 1. The molecule has 0 saturated carbocycles. The fourth-order valence-corrected chi connectivity index (χ4v) is 2.05. The van der Waals surface area contributed by atoms with Crippen LogP contribution in [0.4, 0.5) is 14.5 Å². The number of anilines is 1. The third-order valence-corrected chi connectivity index (χ3v) is 3.33. The first kappa shape index (κ1) is 15.9. The number of hydrogen-bond acceptors (Lipinski definition) is 2. The van der Waals surface area contributed by atoms with Gasteiger partial charge in [-0.1, -0.05) is 20.3 Å². The highest BCUT2D eigenvalue weighted by atomic mass is 19.1. The lowest BCUT2D eigenvalue weighted by atomic mass is 10.0. The number of nitrogens with two attached hydrogens (primary N) is 1. The molecule has 2 N–H and O–H groups in total. The second-order valence-electron chi connectivity index (χ2n) is 5.06. The van der Waals surface area contributed by atoms with Crippen molar-refractivity contribution in [1.82, 2.24) is 0 Å². The minimum absolute atomic E-state index is 0.0533. The minimum atomic E-state index is -0.503. The van der Waals surface area contributed by atoms with Crippen molar-refractivity contribution in [3.05, 3.63) is 29.3 Å². The SMILES string of the molecule is CCCCN(C)c1c(F)cc(CC(N)CC)cc1F. The van der Waals surface area contributed by atoms with Gasteiger partial charge in [-0.3, -0.25) is 0 Å². The Morgan fingerprint density at radius 3 is 2.26 bits per heavy atom. The van der Waals surface area contributed by atoms with E-state index in [-0.39, 0.29) is 11.7 Å². The van der Waals surface area contributed by atoms with Crippen LogP contribution < -0.4 is 10.6 Å². The molecule has 1 atom stereocenters. The zero-order valence-electron chi connectivity index (χ0n) is 12.0. The molecule has 19 heavy (non-hydrogen) atoms. The monoisotopic (exact) mass is 270 g/mol. The molecule has 0 aliphatic rings. The normalized spacial score (nSPS) is 12.5. The summed E-state index contributed by atoms with van der Waals surface area (Å²) in [6.45, 7) is 4.66. The van der Waals surface area contributed by atoms with Crippen molar-refractivity contribution in [3.63, 3.8) is 0 Å². The van der Waals surface area contributed by atoms with Crippen molar-refractivity contribution in [3.8, 4) is 0 Å². The summed E-state index contributed by atoms with van der Waals surface area (Å²) in [6, 6.07) is 2.75. The molecule has 2 nitrogen and oxygen atoms in total. The topological polar surface area (TPSA) is 29.3 Å². The van der Waals surface area contributed by atoms with E-state index in [0.717, 1.165) is 19.3 Å². The molecule has 0 saturated heterocycles. The highest BCUT2D eigenvalue weighted by molar-refractivity contribution is 5.50. The molecule has 1 unspecified atom stereocenters. The molecule has 4 heteroatoms. The standard InChI is InChI=1S/C15H24F2N2/c1-4-6-7-19(3)15-13(16)9-11(10-14(15)17)8-12(18)5-2/h9-10,12H,4-8,18H2,1-3H3. The van der Waals surface area contributed by atoms with E-state index in [9.17, 15) is 8.78 Å². The molecular formula is C15H24F2N2. The van der Waals surface area contributed by atoms with Gasteiger partial charge in [0.15, 0.2) is 0 Å². The molecule has 0 radical (unpaired) electrons. The molecule has 0 spiro atoms. The van der Waals surface area contributed by atoms with E-state index in [0.29, 0.717) is 18.5 Å². The fourth-order valence-electron chi connectivity index (χ4n) is 2.05. The number of benzene rings is 1. The van der Waals surface area contributed by atoms with Crippen LogP contribution in [0.25, 0.3) is 0 Å². The first-order valence-corrected chi connectivity index (χ1v) is 6.94. The molecule has 0 bridgehead atoms. The summed E-state index contributed by atoms with van der Waals surface area (Å²) in [5.74, 6) is -1.01. The Kier molecular flexibility index (Phi) is 6.22. The van der Waals surface area contributed by atoms with Gasteiger partial charge < -0.3 is 10.6 Å². The maximum Gasteiger partial charge on any atom is 0.149 e. The highest BCUT2D eigenvalue weighted by Crippen LogP contribution is 2.25. The number of halogens is 2. The summed E-state index contributed by atoms with van der Waals surface area (Å²) in [5, 5.41) is 0. The maximum absolute atomic E-state index is 14.0. The van der Waals surface area contributed by atoms with Gasteiger partial charge in [0, 0.05) is 19.6 Å². The zero-order chi connectivity index (χ0) is 14.4. The Morgan fingerprint density at radius 2 is 1.79 bits per heavy atom.